The molecule has 6 heteroatoms. The Labute approximate surface area is 127 Å². The van der Waals surface area contributed by atoms with Crippen molar-refractivity contribution in [3.63, 3.8) is 0 Å². The molecule has 0 aliphatic heterocycles. The molecule has 3 aromatic rings. The first-order chi connectivity index (χ1) is 10.7. The van der Waals surface area contributed by atoms with E-state index in [0.29, 0.717) is 24.4 Å². The lowest BCUT2D eigenvalue weighted by atomic mass is 10.1. The van der Waals surface area contributed by atoms with Gasteiger partial charge in [0.1, 0.15) is 11.5 Å². The summed E-state index contributed by atoms with van der Waals surface area (Å²) in [5, 5.41) is 2.85. The molecule has 0 spiro atoms. The minimum Gasteiger partial charge on any atom is -0.448 e. The Kier molecular flexibility index (Phi) is 4.00. The topological polar surface area (TPSA) is 73.0 Å². The number of nitrogens with one attached hydrogen (secondary N) is 1. The highest BCUT2D eigenvalue weighted by atomic mass is 16.3. The molecule has 0 atom stereocenters. The maximum Gasteiger partial charge on any atom is 0.251 e. The molecule has 1 N–H and O–H groups in total. The van der Waals surface area contributed by atoms with E-state index in [4.69, 9.17) is 4.42 Å². The third kappa shape index (κ3) is 3.22. The second-order valence-corrected chi connectivity index (χ2v) is 4.97. The molecule has 0 aliphatic rings. The lowest BCUT2D eigenvalue weighted by Crippen LogP contribution is -2.23. The average Bonchev–Trinajstić information content (AvgIpc) is 3.17. The van der Waals surface area contributed by atoms with Gasteiger partial charge in [-0.15, -0.1) is 0 Å². The fraction of sp³-hybridized carbons (Fsp3) is 0.188. The Bertz CT molecular complexity index is 762. The third-order valence-corrected chi connectivity index (χ3v) is 3.37. The van der Waals surface area contributed by atoms with Crippen LogP contribution in [0.5, 0.6) is 0 Å². The number of hydrogen-bond acceptors (Lipinski definition) is 4. The minimum absolute atomic E-state index is 0.130. The molecule has 0 unspecified atom stereocenters. The van der Waals surface area contributed by atoms with E-state index in [1.54, 1.807) is 18.6 Å². The first kappa shape index (κ1) is 14.1. The van der Waals surface area contributed by atoms with Gasteiger partial charge in [0.25, 0.3) is 5.91 Å². The number of nitrogens with zero attached hydrogens (tertiary/aromatic N) is 3. The van der Waals surface area contributed by atoms with Crippen LogP contribution in [0.15, 0.2) is 53.8 Å². The van der Waals surface area contributed by atoms with Crippen LogP contribution in [0.4, 0.5) is 0 Å². The lowest BCUT2D eigenvalue weighted by Gasteiger charge is -2.07. The lowest BCUT2D eigenvalue weighted by molar-refractivity contribution is 0.0950. The monoisotopic (exact) mass is 296 g/mol. The van der Waals surface area contributed by atoms with Crippen molar-refractivity contribution in [2.24, 2.45) is 0 Å². The SMILES string of the molecule is Cc1ocnc1CNC(=O)c1cccc(Cn2ccnc2)c1. The highest BCUT2D eigenvalue weighted by molar-refractivity contribution is 5.94. The maximum atomic E-state index is 12.2. The second kappa shape index (κ2) is 6.26. The molecule has 3 rings (SSSR count). The highest BCUT2D eigenvalue weighted by Gasteiger charge is 2.09. The number of carbonyl (C=O) groups excluding carboxylic acids is 1. The van der Waals surface area contributed by atoms with Gasteiger partial charge in [-0.1, -0.05) is 12.1 Å². The standard InChI is InChI=1S/C16H16N4O2/c1-12-15(19-11-22-12)8-18-16(21)14-4-2-3-13(7-14)9-20-6-5-17-10-20/h2-7,10-11H,8-9H2,1H3,(H,18,21). The Morgan fingerprint density at radius 1 is 1.41 bits per heavy atom. The number of amides is 1. The van der Waals surface area contributed by atoms with E-state index in [1.807, 2.05) is 35.9 Å². The first-order valence-corrected chi connectivity index (χ1v) is 6.94. The molecule has 0 bridgehead atoms. The summed E-state index contributed by atoms with van der Waals surface area (Å²) in [5.41, 5.74) is 2.41. The van der Waals surface area contributed by atoms with Crippen molar-refractivity contribution in [2.75, 3.05) is 0 Å². The Morgan fingerprint density at radius 3 is 3.05 bits per heavy atom. The molecular weight excluding hydrogens is 280 g/mol. The molecule has 112 valence electrons. The van der Waals surface area contributed by atoms with E-state index < -0.39 is 0 Å². The number of carbonyl (C=O) groups is 1. The number of aromatic nitrogens is 3. The van der Waals surface area contributed by atoms with E-state index in [9.17, 15) is 4.79 Å². The normalized spacial score (nSPS) is 10.6. The smallest absolute Gasteiger partial charge is 0.251 e. The number of hydrogen-bond donors (Lipinski definition) is 1. The predicted octanol–water partition coefficient (Wildman–Crippen LogP) is 2.16. The largest absolute Gasteiger partial charge is 0.448 e. The van der Waals surface area contributed by atoms with Gasteiger partial charge < -0.3 is 14.3 Å². The minimum atomic E-state index is -0.130. The summed E-state index contributed by atoms with van der Waals surface area (Å²) in [6, 6.07) is 7.54. The fourth-order valence-corrected chi connectivity index (χ4v) is 2.17. The quantitative estimate of drug-likeness (QED) is 0.783. The molecule has 2 heterocycles. The van der Waals surface area contributed by atoms with Gasteiger partial charge in [0, 0.05) is 24.5 Å². The molecule has 1 amide bonds. The average molecular weight is 296 g/mol. The van der Waals surface area contributed by atoms with Crippen molar-refractivity contribution in [3.05, 3.63) is 72.0 Å². The molecule has 0 radical (unpaired) electrons. The zero-order chi connectivity index (χ0) is 15.4. The van der Waals surface area contributed by atoms with Gasteiger partial charge in [0.2, 0.25) is 0 Å². The number of oxazole rings is 1. The highest BCUT2D eigenvalue weighted by Crippen LogP contribution is 2.09. The number of benzene rings is 1. The maximum absolute atomic E-state index is 12.2. The van der Waals surface area contributed by atoms with Gasteiger partial charge in [-0.05, 0) is 24.6 Å². The summed E-state index contributed by atoms with van der Waals surface area (Å²) in [6.07, 6.45) is 6.75. The van der Waals surface area contributed by atoms with Crippen molar-refractivity contribution in [3.8, 4) is 0 Å². The molecule has 1 aromatic carbocycles. The Morgan fingerprint density at radius 2 is 2.32 bits per heavy atom. The van der Waals surface area contributed by atoms with Crippen LogP contribution in [-0.4, -0.2) is 20.4 Å². The number of aryl methyl sites for hydroxylation is 1. The van der Waals surface area contributed by atoms with Crippen molar-refractivity contribution in [1.82, 2.24) is 19.9 Å². The van der Waals surface area contributed by atoms with Crippen molar-refractivity contribution >= 4 is 5.91 Å². The van der Waals surface area contributed by atoms with Gasteiger partial charge in [-0.25, -0.2) is 9.97 Å². The molecule has 0 saturated heterocycles. The van der Waals surface area contributed by atoms with Crippen LogP contribution in [0.3, 0.4) is 0 Å². The molecule has 2 aromatic heterocycles. The predicted molar refractivity (Wildman–Crippen MR) is 80.2 cm³/mol. The number of rotatable bonds is 5. The van der Waals surface area contributed by atoms with Crippen LogP contribution >= 0.6 is 0 Å². The van der Waals surface area contributed by atoms with Gasteiger partial charge >= 0.3 is 0 Å². The zero-order valence-electron chi connectivity index (χ0n) is 12.2. The summed E-state index contributed by atoms with van der Waals surface area (Å²) in [6.45, 7) is 2.86. The van der Waals surface area contributed by atoms with Crippen LogP contribution in [0.2, 0.25) is 0 Å². The van der Waals surface area contributed by atoms with E-state index >= 15 is 0 Å². The van der Waals surface area contributed by atoms with Crippen LogP contribution in [0, 0.1) is 6.92 Å². The van der Waals surface area contributed by atoms with Crippen molar-refractivity contribution in [1.29, 1.82) is 0 Å². The van der Waals surface area contributed by atoms with Crippen molar-refractivity contribution < 1.29 is 9.21 Å². The molecule has 0 aliphatic carbocycles. The molecule has 22 heavy (non-hydrogen) atoms. The third-order valence-electron chi connectivity index (χ3n) is 3.37. The molecule has 6 nitrogen and oxygen atoms in total. The first-order valence-electron chi connectivity index (χ1n) is 6.94. The summed E-state index contributed by atoms with van der Waals surface area (Å²) < 4.78 is 7.06. The zero-order valence-corrected chi connectivity index (χ0v) is 12.2. The van der Waals surface area contributed by atoms with Crippen molar-refractivity contribution in [2.45, 2.75) is 20.0 Å². The van der Waals surface area contributed by atoms with E-state index in [1.165, 1.54) is 6.39 Å². The summed E-state index contributed by atoms with van der Waals surface area (Å²) in [7, 11) is 0. The second-order valence-electron chi connectivity index (χ2n) is 4.97. The summed E-state index contributed by atoms with van der Waals surface area (Å²) in [5.74, 6) is 0.587. The van der Waals surface area contributed by atoms with Gasteiger partial charge in [-0.2, -0.15) is 0 Å². The Hall–Kier alpha value is -2.89. The van der Waals surface area contributed by atoms with E-state index in [2.05, 4.69) is 15.3 Å². The molecule has 0 saturated carbocycles. The van der Waals surface area contributed by atoms with Gasteiger partial charge in [0.15, 0.2) is 6.39 Å². The van der Waals surface area contributed by atoms with Gasteiger partial charge in [0.05, 0.1) is 12.9 Å². The molecule has 0 fully saturated rings. The number of imidazole rings is 1. The van der Waals surface area contributed by atoms with Crippen LogP contribution in [0.25, 0.3) is 0 Å². The van der Waals surface area contributed by atoms with Gasteiger partial charge in [-0.3, -0.25) is 4.79 Å². The summed E-state index contributed by atoms with van der Waals surface area (Å²) >= 11 is 0. The van der Waals surface area contributed by atoms with E-state index in [-0.39, 0.29) is 5.91 Å². The molecular formula is C16H16N4O2. The Balaban J connectivity index is 1.66. The van der Waals surface area contributed by atoms with Crippen LogP contribution < -0.4 is 5.32 Å². The van der Waals surface area contributed by atoms with E-state index in [0.717, 1.165) is 11.3 Å². The fourth-order valence-electron chi connectivity index (χ4n) is 2.17. The van der Waals surface area contributed by atoms with Crippen LogP contribution in [0.1, 0.15) is 27.4 Å². The van der Waals surface area contributed by atoms with Crippen LogP contribution in [-0.2, 0) is 13.1 Å². The summed E-state index contributed by atoms with van der Waals surface area (Å²) in [4.78, 5) is 20.3.